The van der Waals surface area contributed by atoms with Gasteiger partial charge in [0.05, 0.1) is 5.56 Å². The zero-order valence-electron chi connectivity index (χ0n) is 16.7. The lowest BCUT2D eigenvalue weighted by Crippen LogP contribution is -2.41. The van der Waals surface area contributed by atoms with Gasteiger partial charge in [0.25, 0.3) is 5.56 Å². The monoisotopic (exact) mass is 379 g/mol. The van der Waals surface area contributed by atoms with Crippen LogP contribution in [-0.4, -0.2) is 15.3 Å². The summed E-state index contributed by atoms with van der Waals surface area (Å²) in [6, 6.07) is 7.90. The Balaban J connectivity index is 2.05. The molecule has 0 saturated heterocycles. The summed E-state index contributed by atoms with van der Waals surface area (Å²) in [5.74, 6) is 0.0901. The molecule has 0 spiro atoms. The number of fused-ring (bicyclic) bond motifs is 1. The van der Waals surface area contributed by atoms with Gasteiger partial charge in [-0.05, 0) is 31.2 Å². The first-order valence-electron chi connectivity index (χ1n) is 9.68. The van der Waals surface area contributed by atoms with Gasteiger partial charge in [-0.25, -0.2) is 4.79 Å². The lowest BCUT2D eigenvalue weighted by atomic mass is 9.69. The maximum atomic E-state index is 13.2. The first kappa shape index (κ1) is 18.5. The van der Waals surface area contributed by atoms with Crippen LogP contribution in [0.4, 0.5) is 5.82 Å². The van der Waals surface area contributed by atoms with Crippen LogP contribution in [0.5, 0.6) is 0 Å². The SMILES string of the molecule is CCn1c2c(c(=O)[nH]c1=O)[C@@H](c1ccc(C)cc1)C1=C(CC(C)(C)CC1=O)N2. The van der Waals surface area contributed by atoms with Crippen molar-refractivity contribution in [1.82, 2.24) is 9.55 Å². The summed E-state index contributed by atoms with van der Waals surface area (Å²) >= 11 is 0. The minimum absolute atomic E-state index is 0.0589. The highest BCUT2D eigenvalue weighted by molar-refractivity contribution is 6.01. The molecule has 0 saturated carbocycles. The molecule has 0 unspecified atom stereocenters. The third-order valence-electron chi connectivity index (χ3n) is 5.73. The Morgan fingerprint density at radius 2 is 1.79 bits per heavy atom. The number of carbonyl (C=O) groups is 1. The summed E-state index contributed by atoms with van der Waals surface area (Å²) in [5.41, 5.74) is 2.87. The van der Waals surface area contributed by atoms with Crippen molar-refractivity contribution in [2.45, 2.75) is 53.0 Å². The third-order valence-corrected chi connectivity index (χ3v) is 5.73. The number of Topliss-reactive ketones (excluding diaryl/α,β-unsaturated/α-hetero) is 1. The normalized spacial score (nSPS) is 20.4. The zero-order chi connectivity index (χ0) is 20.2. The number of hydrogen-bond acceptors (Lipinski definition) is 4. The summed E-state index contributed by atoms with van der Waals surface area (Å²) in [7, 11) is 0. The highest BCUT2D eigenvalue weighted by Gasteiger charge is 2.42. The van der Waals surface area contributed by atoms with E-state index < -0.39 is 17.2 Å². The summed E-state index contributed by atoms with van der Waals surface area (Å²) in [5, 5.41) is 3.30. The average Bonchev–Trinajstić information content (AvgIpc) is 2.60. The fourth-order valence-electron chi connectivity index (χ4n) is 4.45. The highest BCUT2D eigenvalue weighted by atomic mass is 16.2. The molecule has 1 aromatic carbocycles. The van der Waals surface area contributed by atoms with E-state index in [1.807, 2.05) is 38.1 Å². The van der Waals surface area contributed by atoms with E-state index in [1.54, 1.807) is 0 Å². The molecule has 1 aliphatic carbocycles. The van der Waals surface area contributed by atoms with E-state index in [0.717, 1.165) is 16.8 Å². The molecule has 6 nitrogen and oxygen atoms in total. The minimum Gasteiger partial charge on any atom is -0.344 e. The van der Waals surface area contributed by atoms with E-state index in [1.165, 1.54) is 4.57 Å². The Hall–Kier alpha value is -2.89. The lowest BCUT2D eigenvalue weighted by Gasteiger charge is -2.39. The van der Waals surface area contributed by atoms with Crippen molar-refractivity contribution in [2.75, 3.05) is 5.32 Å². The van der Waals surface area contributed by atoms with E-state index in [9.17, 15) is 14.4 Å². The zero-order valence-corrected chi connectivity index (χ0v) is 16.7. The Labute approximate surface area is 163 Å². The van der Waals surface area contributed by atoms with Gasteiger partial charge in [-0.15, -0.1) is 0 Å². The van der Waals surface area contributed by atoms with Crippen molar-refractivity contribution in [3.05, 3.63) is 73.1 Å². The molecule has 6 heteroatoms. The molecule has 0 bridgehead atoms. The quantitative estimate of drug-likeness (QED) is 0.840. The fraction of sp³-hybridized carbons (Fsp3) is 0.409. The number of benzene rings is 1. The van der Waals surface area contributed by atoms with Gasteiger partial charge in [-0.2, -0.15) is 0 Å². The van der Waals surface area contributed by atoms with Gasteiger partial charge < -0.3 is 5.32 Å². The molecular formula is C22H25N3O3. The number of rotatable bonds is 2. The van der Waals surface area contributed by atoms with Gasteiger partial charge in [0, 0.05) is 30.2 Å². The van der Waals surface area contributed by atoms with Crippen LogP contribution in [0, 0.1) is 12.3 Å². The number of carbonyl (C=O) groups excluding carboxylic acids is 1. The van der Waals surface area contributed by atoms with Crippen LogP contribution in [0.25, 0.3) is 0 Å². The van der Waals surface area contributed by atoms with Crippen molar-refractivity contribution in [3.63, 3.8) is 0 Å². The molecule has 1 atom stereocenters. The Morgan fingerprint density at radius 1 is 1.11 bits per heavy atom. The molecule has 146 valence electrons. The molecule has 4 rings (SSSR count). The maximum absolute atomic E-state index is 13.2. The number of nitrogens with one attached hydrogen (secondary N) is 2. The van der Waals surface area contributed by atoms with Crippen molar-refractivity contribution >= 4 is 11.6 Å². The van der Waals surface area contributed by atoms with Crippen LogP contribution in [-0.2, 0) is 11.3 Å². The van der Waals surface area contributed by atoms with Gasteiger partial charge >= 0.3 is 5.69 Å². The standard InChI is InChI=1S/C22H25N3O3/c1-5-25-19-18(20(27)24-21(25)28)16(13-8-6-12(2)7-9-13)17-14(23-19)10-22(3,4)11-15(17)26/h6-9,16,23H,5,10-11H2,1-4H3,(H,24,27,28)/t16-/m0/s1. The van der Waals surface area contributed by atoms with Gasteiger partial charge in [0.2, 0.25) is 0 Å². The molecule has 2 aliphatic rings. The summed E-state index contributed by atoms with van der Waals surface area (Å²) in [6.45, 7) is 8.42. The molecule has 2 N–H and O–H groups in total. The van der Waals surface area contributed by atoms with Gasteiger partial charge in [0.1, 0.15) is 5.82 Å². The number of aryl methyl sites for hydroxylation is 1. The van der Waals surface area contributed by atoms with Crippen LogP contribution in [0.2, 0.25) is 0 Å². The van der Waals surface area contributed by atoms with Gasteiger partial charge in [0.15, 0.2) is 5.78 Å². The van der Waals surface area contributed by atoms with Crippen molar-refractivity contribution in [3.8, 4) is 0 Å². The molecule has 0 amide bonds. The second-order valence-electron chi connectivity index (χ2n) is 8.57. The summed E-state index contributed by atoms with van der Waals surface area (Å²) in [4.78, 5) is 40.8. The average molecular weight is 379 g/mol. The molecule has 2 heterocycles. The van der Waals surface area contributed by atoms with Crippen molar-refractivity contribution < 1.29 is 4.79 Å². The Bertz CT molecular complexity index is 1120. The number of hydrogen-bond donors (Lipinski definition) is 2. The number of nitrogens with zero attached hydrogens (tertiary/aromatic N) is 1. The summed E-state index contributed by atoms with van der Waals surface area (Å²) < 4.78 is 1.54. The van der Waals surface area contributed by atoms with E-state index >= 15 is 0 Å². The van der Waals surface area contributed by atoms with Crippen LogP contribution < -0.4 is 16.6 Å². The predicted molar refractivity (Wildman–Crippen MR) is 109 cm³/mol. The topological polar surface area (TPSA) is 84.0 Å². The predicted octanol–water partition coefficient (Wildman–Crippen LogP) is 3.07. The number of H-pyrrole nitrogens is 1. The summed E-state index contributed by atoms with van der Waals surface area (Å²) in [6.07, 6.45) is 1.14. The van der Waals surface area contributed by atoms with E-state index in [-0.39, 0.29) is 11.2 Å². The second kappa shape index (κ2) is 6.33. The van der Waals surface area contributed by atoms with Crippen LogP contribution in [0.15, 0.2) is 45.1 Å². The minimum atomic E-state index is -0.474. The Morgan fingerprint density at radius 3 is 2.43 bits per heavy atom. The molecule has 0 fully saturated rings. The van der Waals surface area contributed by atoms with Crippen LogP contribution >= 0.6 is 0 Å². The maximum Gasteiger partial charge on any atom is 0.329 e. The molecule has 1 aliphatic heterocycles. The smallest absolute Gasteiger partial charge is 0.329 e. The molecule has 0 radical (unpaired) electrons. The highest BCUT2D eigenvalue weighted by Crippen LogP contribution is 2.47. The van der Waals surface area contributed by atoms with E-state index in [2.05, 4.69) is 24.1 Å². The van der Waals surface area contributed by atoms with Gasteiger partial charge in [-0.1, -0.05) is 43.7 Å². The van der Waals surface area contributed by atoms with Gasteiger partial charge in [-0.3, -0.25) is 19.1 Å². The second-order valence-corrected chi connectivity index (χ2v) is 8.57. The first-order chi connectivity index (χ1) is 13.2. The number of aromatic amines is 1. The van der Waals surface area contributed by atoms with Crippen molar-refractivity contribution in [1.29, 1.82) is 0 Å². The van der Waals surface area contributed by atoms with E-state index in [4.69, 9.17) is 0 Å². The number of allylic oxidation sites excluding steroid dienone is 2. The molecule has 2 aromatic rings. The van der Waals surface area contributed by atoms with Crippen LogP contribution in [0.1, 0.15) is 56.2 Å². The molecular weight excluding hydrogens is 354 g/mol. The van der Waals surface area contributed by atoms with Crippen molar-refractivity contribution in [2.24, 2.45) is 5.41 Å². The fourth-order valence-corrected chi connectivity index (χ4v) is 4.45. The Kier molecular flexibility index (Phi) is 4.17. The molecule has 1 aromatic heterocycles. The lowest BCUT2D eigenvalue weighted by molar-refractivity contribution is -0.118. The van der Waals surface area contributed by atoms with E-state index in [0.29, 0.717) is 36.3 Å². The number of anilines is 1. The molecule has 28 heavy (non-hydrogen) atoms. The third kappa shape index (κ3) is 2.84. The largest absolute Gasteiger partial charge is 0.344 e. The van der Waals surface area contributed by atoms with Crippen LogP contribution in [0.3, 0.4) is 0 Å². The number of aromatic nitrogens is 2. The first-order valence-corrected chi connectivity index (χ1v) is 9.68. The number of ketones is 1.